The Balaban J connectivity index is 1.70. The Hall–Kier alpha value is -2.73. The van der Waals surface area contributed by atoms with Crippen molar-refractivity contribution in [3.8, 4) is 17.2 Å². The molecule has 1 heterocycles. The predicted octanol–water partition coefficient (Wildman–Crippen LogP) is 3.29. The molecule has 1 amide bonds. The van der Waals surface area contributed by atoms with Crippen molar-refractivity contribution < 1.29 is 19.0 Å². The van der Waals surface area contributed by atoms with E-state index in [4.69, 9.17) is 14.2 Å². The van der Waals surface area contributed by atoms with Gasteiger partial charge in [-0.1, -0.05) is 18.2 Å². The predicted molar refractivity (Wildman–Crippen MR) is 113 cm³/mol. The van der Waals surface area contributed by atoms with Gasteiger partial charge in [-0.2, -0.15) is 0 Å². The van der Waals surface area contributed by atoms with Crippen LogP contribution in [0.15, 0.2) is 36.4 Å². The minimum atomic E-state index is 0.0895. The lowest BCUT2D eigenvalue weighted by atomic mass is 9.92. The van der Waals surface area contributed by atoms with E-state index in [9.17, 15) is 4.79 Å². The van der Waals surface area contributed by atoms with Crippen molar-refractivity contribution >= 4 is 5.91 Å². The fraction of sp³-hybridized carbons (Fsp3) is 0.435. The molecule has 156 valence electrons. The van der Waals surface area contributed by atoms with Gasteiger partial charge in [0.15, 0.2) is 11.5 Å². The summed E-state index contributed by atoms with van der Waals surface area (Å²) in [6.07, 6.45) is 0.879. The van der Waals surface area contributed by atoms with Gasteiger partial charge in [-0.05, 0) is 42.7 Å². The Morgan fingerprint density at radius 3 is 2.41 bits per heavy atom. The summed E-state index contributed by atoms with van der Waals surface area (Å²) in [5.74, 6) is 2.36. The Morgan fingerprint density at radius 2 is 1.72 bits per heavy atom. The maximum Gasteiger partial charge on any atom is 0.236 e. The van der Waals surface area contributed by atoms with Crippen LogP contribution in [0.1, 0.15) is 29.7 Å². The van der Waals surface area contributed by atoms with Crippen LogP contribution in [0, 0.1) is 0 Å². The molecule has 0 unspecified atom stereocenters. The highest BCUT2D eigenvalue weighted by Crippen LogP contribution is 2.37. The molecule has 0 fully saturated rings. The van der Waals surface area contributed by atoms with E-state index < -0.39 is 0 Å². The monoisotopic (exact) mass is 398 g/mol. The molecule has 0 radical (unpaired) electrons. The zero-order chi connectivity index (χ0) is 21.0. The lowest BCUT2D eigenvalue weighted by Crippen LogP contribution is -2.42. The summed E-state index contributed by atoms with van der Waals surface area (Å²) in [4.78, 5) is 16.9. The molecule has 0 saturated heterocycles. The highest BCUT2D eigenvalue weighted by atomic mass is 16.5. The van der Waals surface area contributed by atoms with Gasteiger partial charge in [-0.15, -0.1) is 0 Å². The second-order valence-electron chi connectivity index (χ2n) is 7.36. The van der Waals surface area contributed by atoms with Gasteiger partial charge >= 0.3 is 0 Å². The van der Waals surface area contributed by atoms with E-state index in [1.54, 1.807) is 26.2 Å². The van der Waals surface area contributed by atoms with E-state index in [-0.39, 0.29) is 11.9 Å². The number of hydrogen-bond donors (Lipinski definition) is 0. The van der Waals surface area contributed by atoms with Crippen LogP contribution in [0.25, 0.3) is 0 Å². The molecule has 6 nitrogen and oxygen atoms in total. The standard InChI is InChI=1S/C23H30N2O4/c1-16-19-13-22(29-5)21(28-4)12-17(19)10-11-25(16)15-23(26)24(2)14-18-8-6-7-9-20(18)27-3/h6-9,12-13,16H,10-11,14-15H2,1-5H3/t16-/m1/s1. The normalized spacial score (nSPS) is 16.1. The Morgan fingerprint density at radius 1 is 1.07 bits per heavy atom. The number of nitrogens with zero attached hydrogens (tertiary/aromatic N) is 2. The number of amides is 1. The van der Waals surface area contributed by atoms with Crippen LogP contribution in [0.2, 0.25) is 0 Å². The molecule has 0 aliphatic carbocycles. The molecule has 0 aromatic heterocycles. The summed E-state index contributed by atoms with van der Waals surface area (Å²) < 4.78 is 16.3. The van der Waals surface area contributed by atoms with Gasteiger partial charge in [0.1, 0.15) is 5.75 Å². The molecule has 1 atom stereocenters. The van der Waals surface area contributed by atoms with Gasteiger partial charge < -0.3 is 19.1 Å². The Kier molecular flexibility index (Phi) is 6.64. The van der Waals surface area contributed by atoms with Crippen LogP contribution in [-0.2, 0) is 17.8 Å². The van der Waals surface area contributed by atoms with Crippen LogP contribution in [0.3, 0.4) is 0 Å². The average Bonchev–Trinajstić information content (AvgIpc) is 2.75. The first-order valence-corrected chi connectivity index (χ1v) is 9.83. The van der Waals surface area contributed by atoms with Gasteiger partial charge in [0.25, 0.3) is 0 Å². The number of benzene rings is 2. The maximum absolute atomic E-state index is 12.9. The van der Waals surface area contributed by atoms with Crippen LogP contribution in [0.5, 0.6) is 17.2 Å². The van der Waals surface area contributed by atoms with Crippen LogP contribution in [0.4, 0.5) is 0 Å². The number of rotatable bonds is 7. The van der Waals surface area contributed by atoms with E-state index in [0.29, 0.717) is 13.1 Å². The first kappa shape index (κ1) is 21.0. The van der Waals surface area contributed by atoms with E-state index >= 15 is 0 Å². The van der Waals surface area contributed by atoms with E-state index in [0.717, 1.165) is 35.8 Å². The minimum Gasteiger partial charge on any atom is -0.496 e. The SMILES string of the molecule is COc1ccccc1CN(C)C(=O)CN1CCc2cc(OC)c(OC)cc2[C@H]1C. The molecule has 29 heavy (non-hydrogen) atoms. The number of carbonyl (C=O) groups is 1. The van der Waals surface area contributed by atoms with E-state index in [1.165, 1.54) is 11.1 Å². The third-order valence-corrected chi connectivity index (χ3v) is 5.68. The largest absolute Gasteiger partial charge is 0.496 e. The number of methoxy groups -OCH3 is 3. The summed E-state index contributed by atoms with van der Waals surface area (Å²) in [6.45, 7) is 3.86. The summed E-state index contributed by atoms with van der Waals surface area (Å²) in [6, 6.07) is 12.0. The number of para-hydroxylation sites is 1. The van der Waals surface area contributed by atoms with Gasteiger partial charge in [0, 0.05) is 31.7 Å². The van der Waals surface area contributed by atoms with Crippen molar-refractivity contribution in [2.45, 2.75) is 25.9 Å². The molecule has 0 N–H and O–H groups in total. The fourth-order valence-electron chi connectivity index (χ4n) is 3.88. The molecule has 2 aromatic carbocycles. The van der Waals surface area contributed by atoms with Crippen molar-refractivity contribution in [1.82, 2.24) is 9.80 Å². The summed E-state index contributed by atoms with van der Waals surface area (Å²) in [7, 11) is 6.78. The van der Waals surface area contributed by atoms with Gasteiger partial charge in [0.2, 0.25) is 5.91 Å². The van der Waals surface area contributed by atoms with E-state index in [1.807, 2.05) is 37.4 Å². The fourth-order valence-corrected chi connectivity index (χ4v) is 3.88. The number of likely N-dealkylation sites (N-methyl/N-ethyl adjacent to an activating group) is 1. The Bertz CT molecular complexity index is 868. The third-order valence-electron chi connectivity index (χ3n) is 5.68. The lowest BCUT2D eigenvalue weighted by molar-refractivity contribution is -0.132. The Labute approximate surface area is 173 Å². The highest BCUT2D eigenvalue weighted by molar-refractivity contribution is 5.78. The highest BCUT2D eigenvalue weighted by Gasteiger charge is 2.28. The number of carbonyl (C=O) groups excluding carboxylic acids is 1. The second kappa shape index (κ2) is 9.18. The summed E-state index contributed by atoms with van der Waals surface area (Å²) in [5, 5.41) is 0. The number of hydrogen-bond acceptors (Lipinski definition) is 5. The van der Waals surface area contributed by atoms with Crippen molar-refractivity contribution in [3.63, 3.8) is 0 Å². The van der Waals surface area contributed by atoms with E-state index in [2.05, 4.69) is 17.9 Å². The molecule has 3 rings (SSSR count). The smallest absolute Gasteiger partial charge is 0.236 e. The molecule has 0 bridgehead atoms. The lowest BCUT2D eigenvalue weighted by Gasteiger charge is -2.36. The van der Waals surface area contributed by atoms with Gasteiger partial charge in [-0.3, -0.25) is 9.69 Å². The zero-order valence-corrected chi connectivity index (χ0v) is 17.9. The quantitative estimate of drug-likeness (QED) is 0.716. The molecule has 1 aliphatic rings. The molecule has 2 aromatic rings. The van der Waals surface area contributed by atoms with Gasteiger partial charge in [-0.25, -0.2) is 0 Å². The number of ether oxygens (including phenoxy) is 3. The van der Waals surface area contributed by atoms with Crippen molar-refractivity contribution in [2.24, 2.45) is 0 Å². The van der Waals surface area contributed by atoms with Gasteiger partial charge in [0.05, 0.1) is 27.9 Å². The topological polar surface area (TPSA) is 51.2 Å². The number of fused-ring (bicyclic) bond motifs is 1. The summed E-state index contributed by atoms with van der Waals surface area (Å²) >= 11 is 0. The first-order valence-electron chi connectivity index (χ1n) is 9.83. The summed E-state index contributed by atoms with van der Waals surface area (Å²) in [5.41, 5.74) is 3.44. The third kappa shape index (κ3) is 4.48. The van der Waals surface area contributed by atoms with Crippen molar-refractivity contribution in [3.05, 3.63) is 53.1 Å². The zero-order valence-electron chi connectivity index (χ0n) is 17.9. The molecule has 1 aliphatic heterocycles. The maximum atomic E-state index is 12.9. The van der Waals surface area contributed by atoms with Crippen LogP contribution >= 0.6 is 0 Å². The molecular formula is C23H30N2O4. The molecule has 0 saturated carbocycles. The van der Waals surface area contributed by atoms with Crippen LogP contribution < -0.4 is 14.2 Å². The molecular weight excluding hydrogens is 368 g/mol. The average molecular weight is 399 g/mol. The van der Waals surface area contributed by atoms with Crippen LogP contribution in [-0.4, -0.2) is 57.2 Å². The van der Waals surface area contributed by atoms with Crippen molar-refractivity contribution in [1.29, 1.82) is 0 Å². The molecule has 0 spiro atoms. The van der Waals surface area contributed by atoms with Crippen molar-refractivity contribution in [2.75, 3.05) is 41.5 Å². The first-order chi connectivity index (χ1) is 14.0. The molecule has 6 heteroatoms. The minimum absolute atomic E-state index is 0.0895. The second-order valence-corrected chi connectivity index (χ2v) is 7.36.